The number of hydrogen-bond acceptors (Lipinski definition) is 3. The fraction of sp³-hybridized carbons (Fsp3) is 0.143. The lowest BCUT2D eigenvalue weighted by Crippen LogP contribution is -2.37. The van der Waals surface area contributed by atoms with Gasteiger partial charge in [0.1, 0.15) is 0 Å². The molecule has 0 atom stereocenters. The van der Waals surface area contributed by atoms with Crippen LogP contribution in [0, 0.1) is 0 Å². The van der Waals surface area contributed by atoms with Gasteiger partial charge in [-0.2, -0.15) is 0 Å². The monoisotopic (exact) mass is 366 g/mol. The molecule has 4 N–H and O–H groups in total. The van der Waals surface area contributed by atoms with Gasteiger partial charge in [-0.3, -0.25) is 0 Å². The molecular weight excluding hydrogens is 340 g/mol. The van der Waals surface area contributed by atoms with Crippen molar-refractivity contribution in [3.05, 3.63) is 78.9 Å². The first kappa shape index (κ1) is 19.2. The topological polar surface area (TPSA) is 52.0 Å². The molecule has 0 heterocycles. The maximum absolute atomic E-state index is 5.61. The summed E-state index contributed by atoms with van der Waals surface area (Å²) in [5.74, 6) is 0. The smallest absolute Gasteiger partial charge is 0.0775 e. The second kappa shape index (κ2) is 8.79. The van der Waals surface area contributed by atoms with Crippen LogP contribution in [0.3, 0.4) is 0 Å². The van der Waals surface area contributed by atoms with Gasteiger partial charge in [-0.15, -0.1) is 0 Å². The number of anilines is 2. The van der Waals surface area contributed by atoms with E-state index in [1.54, 1.807) is 11.8 Å². The summed E-state index contributed by atoms with van der Waals surface area (Å²) in [5.41, 5.74) is 12.9. The van der Waals surface area contributed by atoms with Gasteiger partial charge in [0.25, 0.3) is 0 Å². The summed E-state index contributed by atoms with van der Waals surface area (Å²) in [6.07, 6.45) is 0. The second-order valence-electron chi connectivity index (χ2n) is 6.86. The number of nitrogens with two attached hydrogens (primary N) is 2. The van der Waals surface area contributed by atoms with Crippen LogP contribution in [0.2, 0.25) is 19.6 Å². The highest BCUT2D eigenvalue weighted by Crippen LogP contribution is 2.27. The maximum Gasteiger partial charge on any atom is 0.0775 e. The predicted octanol–water partition coefficient (Wildman–Crippen LogP) is 5.23. The Balaban J connectivity index is 0.000000186. The van der Waals surface area contributed by atoms with Gasteiger partial charge in [0, 0.05) is 21.2 Å². The first-order chi connectivity index (χ1) is 11.8. The molecule has 0 saturated heterocycles. The van der Waals surface area contributed by atoms with E-state index >= 15 is 0 Å². The molecule has 3 aromatic carbocycles. The summed E-state index contributed by atoms with van der Waals surface area (Å²) >= 11 is 1.74. The Hall–Kier alpha value is -2.17. The first-order valence-corrected chi connectivity index (χ1v) is 12.6. The van der Waals surface area contributed by atoms with Crippen molar-refractivity contribution in [2.45, 2.75) is 29.4 Å². The Morgan fingerprint density at radius 2 is 1.04 bits per heavy atom. The van der Waals surface area contributed by atoms with Crippen molar-refractivity contribution in [2.75, 3.05) is 11.5 Å². The summed E-state index contributed by atoms with van der Waals surface area (Å²) in [5, 5.41) is 1.46. The Kier molecular flexibility index (Phi) is 6.73. The summed E-state index contributed by atoms with van der Waals surface area (Å²) in [6, 6.07) is 26.5. The molecule has 0 saturated carbocycles. The van der Waals surface area contributed by atoms with Gasteiger partial charge in [-0.05, 0) is 48.5 Å². The van der Waals surface area contributed by atoms with Crippen LogP contribution in [0.1, 0.15) is 0 Å². The lowest BCUT2D eigenvalue weighted by molar-refractivity contribution is 1.41. The minimum Gasteiger partial charge on any atom is -0.399 e. The van der Waals surface area contributed by atoms with Gasteiger partial charge in [-0.25, -0.2) is 0 Å². The van der Waals surface area contributed by atoms with Gasteiger partial charge in [0.15, 0.2) is 0 Å². The molecule has 130 valence electrons. The molecule has 0 aliphatic carbocycles. The Morgan fingerprint density at radius 1 is 0.600 bits per heavy atom. The summed E-state index contributed by atoms with van der Waals surface area (Å²) < 4.78 is 0. The molecule has 0 unspecified atom stereocenters. The highest BCUT2D eigenvalue weighted by molar-refractivity contribution is 7.99. The third kappa shape index (κ3) is 6.68. The van der Waals surface area contributed by atoms with Crippen LogP contribution >= 0.6 is 11.8 Å². The van der Waals surface area contributed by atoms with Crippen molar-refractivity contribution >= 4 is 36.4 Å². The van der Waals surface area contributed by atoms with E-state index in [0.717, 1.165) is 11.4 Å². The van der Waals surface area contributed by atoms with Crippen molar-refractivity contribution in [1.29, 1.82) is 0 Å². The van der Waals surface area contributed by atoms with Crippen molar-refractivity contribution in [1.82, 2.24) is 0 Å². The van der Waals surface area contributed by atoms with E-state index in [1.165, 1.54) is 15.0 Å². The average molecular weight is 367 g/mol. The standard InChI is InChI=1S/C12H11NS.C9H15NSi/c13-10-6-8-12(9-7-10)14-11-4-2-1-3-5-11;1-11(2,3)9-6-4-8(10)5-7-9/h1-9H,13H2;4-7H,10H2,1-3H3. The third-order valence-corrected chi connectivity index (χ3v) is 6.72. The highest BCUT2D eigenvalue weighted by Gasteiger charge is 2.14. The molecule has 0 aliphatic rings. The molecule has 0 aliphatic heterocycles. The molecule has 0 aromatic heterocycles. The molecule has 0 spiro atoms. The van der Waals surface area contributed by atoms with Crippen LogP contribution in [0.4, 0.5) is 11.4 Å². The normalized spacial score (nSPS) is 10.7. The molecule has 25 heavy (non-hydrogen) atoms. The average Bonchev–Trinajstić information content (AvgIpc) is 2.58. The minimum atomic E-state index is -1.11. The molecule has 0 radical (unpaired) electrons. The SMILES string of the molecule is C[Si](C)(C)c1ccc(N)cc1.Nc1ccc(Sc2ccccc2)cc1. The van der Waals surface area contributed by atoms with Gasteiger partial charge >= 0.3 is 0 Å². The molecule has 0 fully saturated rings. The number of nitrogen functional groups attached to an aromatic ring is 2. The van der Waals surface area contributed by atoms with Crippen molar-refractivity contribution in [3.8, 4) is 0 Å². The highest BCUT2D eigenvalue weighted by atomic mass is 32.2. The molecular formula is C21H26N2SSi. The zero-order valence-electron chi connectivity index (χ0n) is 15.1. The molecule has 0 amide bonds. The summed E-state index contributed by atoms with van der Waals surface area (Å²) in [7, 11) is -1.11. The van der Waals surface area contributed by atoms with E-state index in [9.17, 15) is 0 Å². The number of rotatable bonds is 3. The van der Waals surface area contributed by atoms with Crippen molar-refractivity contribution in [2.24, 2.45) is 0 Å². The van der Waals surface area contributed by atoms with E-state index in [4.69, 9.17) is 11.5 Å². The fourth-order valence-electron chi connectivity index (χ4n) is 2.14. The van der Waals surface area contributed by atoms with Crippen LogP contribution in [-0.2, 0) is 0 Å². The van der Waals surface area contributed by atoms with Crippen LogP contribution in [0.15, 0.2) is 88.7 Å². The van der Waals surface area contributed by atoms with Crippen LogP contribution in [0.25, 0.3) is 0 Å². The Morgan fingerprint density at radius 3 is 1.52 bits per heavy atom. The van der Waals surface area contributed by atoms with E-state index in [1.807, 2.05) is 54.6 Å². The van der Waals surface area contributed by atoms with Gasteiger partial charge < -0.3 is 11.5 Å². The minimum absolute atomic E-state index is 0.808. The lowest BCUT2D eigenvalue weighted by atomic mass is 10.3. The summed E-state index contributed by atoms with van der Waals surface area (Å²) in [4.78, 5) is 2.46. The lowest BCUT2D eigenvalue weighted by Gasteiger charge is -2.15. The molecule has 3 rings (SSSR count). The van der Waals surface area contributed by atoms with Crippen molar-refractivity contribution < 1.29 is 0 Å². The maximum atomic E-state index is 5.61. The van der Waals surface area contributed by atoms with Gasteiger partial charge in [0.2, 0.25) is 0 Å². The largest absolute Gasteiger partial charge is 0.399 e. The molecule has 0 bridgehead atoms. The fourth-order valence-corrected chi connectivity index (χ4v) is 4.15. The van der Waals surface area contributed by atoms with E-state index in [-0.39, 0.29) is 0 Å². The number of benzene rings is 3. The van der Waals surface area contributed by atoms with Crippen molar-refractivity contribution in [3.63, 3.8) is 0 Å². The van der Waals surface area contributed by atoms with Crippen LogP contribution in [-0.4, -0.2) is 8.07 Å². The Labute approximate surface area is 156 Å². The third-order valence-electron chi connectivity index (χ3n) is 3.64. The van der Waals surface area contributed by atoms with Crippen LogP contribution < -0.4 is 16.7 Å². The summed E-state index contributed by atoms with van der Waals surface area (Å²) in [6.45, 7) is 7.00. The first-order valence-electron chi connectivity index (χ1n) is 8.29. The van der Waals surface area contributed by atoms with Crippen LogP contribution in [0.5, 0.6) is 0 Å². The zero-order valence-corrected chi connectivity index (χ0v) is 16.9. The second-order valence-corrected chi connectivity index (χ2v) is 13.1. The number of hydrogen-bond donors (Lipinski definition) is 2. The van der Waals surface area contributed by atoms with E-state index in [2.05, 4.69) is 43.9 Å². The molecule has 3 aromatic rings. The molecule has 4 heteroatoms. The zero-order chi connectivity index (χ0) is 18.3. The van der Waals surface area contributed by atoms with E-state index < -0.39 is 8.07 Å². The predicted molar refractivity (Wildman–Crippen MR) is 115 cm³/mol. The van der Waals surface area contributed by atoms with Gasteiger partial charge in [0.05, 0.1) is 8.07 Å². The quantitative estimate of drug-likeness (QED) is 0.493. The molecule has 2 nitrogen and oxygen atoms in total. The van der Waals surface area contributed by atoms with Gasteiger partial charge in [-0.1, -0.05) is 66.9 Å². The Bertz CT molecular complexity index is 764. The van der Waals surface area contributed by atoms with E-state index in [0.29, 0.717) is 0 Å².